The van der Waals surface area contributed by atoms with E-state index in [-0.39, 0.29) is 6.04 Å². The second-order valence-electron chi connectivity index (χ2n) is 8.70. The van der Waals surface area contributed by atoms with E-state index in [2.05, 4.69) is 6.08 Å². The maximum absolute atomic E-state index is 6.40. The summed E-state index contributed by atoms with van der Waals surface area (Å²) >= 11 is 0. The van der Waals surface area contributed by atoms with Crippen LogP contribution in [0, 0.1) is 0 Å². The van der Waals surface area contributed by atoms with Gasteiger partial charge in [-0.1, -0.05) is 83.5 Å². The number of hydrogen-bond donors (Lipinski definition) is 1. The molecule has 1 fully saturated rings. The van der Waals surface area contributed by atoms with Crippen molar-refractivity contribution in [1.29, 1.82) is 0 Å². The Balaban J connectivity index is 1.98. The maximum atomic E-state index is 6.40. The van der Waals surface area contributed by atoms with Crippen LogP contribution in [0.1, 0.15) is 128 Å². The molecule has 150 valence electrons. The Morgan fingerprint density at radius 3 is 1.54 bits per heavy atom. The largest absolute Gasteiger partial charge is 0.324 e. The van der Waals surface area contributed by atoms with Gasteiger partial charge in [0.05, 0.1) is 0 Å². The first-order chi connectivity index (χ1) is 12.8. The number of allylic oxidation sites excluding steroid dienone is 1. The van der Waals surface area contributed by atoms with E-state index in [0.717, 1.165) is 12.8 Å². The summed E-state index contributed by atoms with van der Waals surface area (Å²) < 4.78 is 0. The van der Waals surface area contributed by atoms with Crippen LogP contribution in [0.4, 0.5) is 0 Å². The molecule has 0 amide bonds. The van der Waals surface area contributed by atoms with Gasteiger partial charge in [0.25, 0.3) is 0 Å². The monoisotopic (exact) mass is 360 g/mol. The zero-order valence-corrected chi connectivity index (χ0v) is 17.3. The third kappa shape index (κ3) is 10.5. The Morgan fingerprint density at radius 1 is 0.577 bits per heavy atom. The molecule has 0 aliphatic heterocycles. The highest BCUT2D eigenvalue weighted by Gasteiger charge is 2.08. The average Bonchev–Trinajstić information content (AvgIpc) is 2.61. The minimum atomic E-state index is 0.208. The van der Waals surface area contributed by atoms with Gasteiger partial charge < -0.3 is 5.73 Å². The minimum absolute atomic E-state index is 0.208. The van der Waals surface area contributed by atoms with Crippen molar-refractivity contribution < 1.29 is 0 Å². The predicted molar refractivity (Wildman–Crippen MR) is 116 cm³/mol. The number of rotatable bonds is 1. The van der Waals surface area contributed by atoms with Crippen molar-refractivity contribution >= 4 is 5.71 Å². The van der Waals surface area contributed by atoms with Gasteiger partial charge in [-0.25, -0.2) is 0 Å². The van der Waals surface area contributed by atoms with Crippen LogP contribution in [0.25, 0.3) is 0 Å². The van der Waals surface area contributed by atoms with Crippen molar-refractivity contribution in [3.8, 4) is 0 Å². The highest BCUT2D eigenvalue weighted by molar-refractivity contribution is 5.85. The van der Waals surface area contributed by atoms with Gasteiger partial charge >= 0.3 is 0 Å². The fourth-order valence-electron chi connectivity index (χ4n) is 4.41. The third-order valence-electron chi connectivity index (χ3n) is 6.11. The summed E-state index contributed by atoms with van der Waals surface area (Å²) in [6.07, 6.45) is 29.1. The summed E-state index contributed by atoms with van der Waals surface area (Å²) in [7, 11) is 0. The molecule has 1 atom stereocenters. The van der Waals surface area contributed by atoms with Crippen molar-refractivity contribution in [2.75, 3.05) is 0 Å². The Bertz CT molecular complexity index is 396. The molecule has 2 nitrogen and oxygen atoms in total. The third-order valence-corrected chi connectivity index (χ3v) is 6.11. The molecule has 0 bridgehead atoms. The molecule has 0 heterocycles. The van der Waals surface area contributed by atoms with E-state index in [1.165, 1.54) is 127 Å². The fraction of sp³-hybridized carbons (Fsp3) is 0.875. The summed E-state index contributed by atoms with van der Waals surface area (Å²) in [6.45, 7) is 0. The zero-order chi connectivity index (χ0) is 18.3. The number of nitrogens with zero attached hydrogens (tertiary/aromatic N) is 1. The normalized spacial score (nSPS) is 28.4. The molecule has 1 saturated carbocycles. The van der Waals surface area contributed by atoms with Crippen LogP contribution in [-0.2, 0) is 0 Å². The second kappa shape index (κ2) is 14.4. The van der Waals surface area contributed by atoms with Crippen LogP contribution in [0.3, 0.4) is 0 Å². The summed E-state index contributed by atoms with van der Waals surface area (Å²) in [5.74, 6) is 0. The molecule has 2 N–H and O–H groups in total. The number of hydrogen-bond acceptors (Lipinski definition) is 2. The molecule has 2 aliphatic carbocycles. The van der Waals surface area contributed by atoms with Crippen molar-refractivity contribution in [2.45, 2.75) is 134 Å². The van der Waals surface area contributed by atoms with Crippen molar-refractivity contribution in [3.05, 3.63) is 11.8 Å². The number of aliphatic imine (C=N–C) groups is 1. The van der Waals surface area contributed by atoms with Crippen LogP contribution in [0.5, 0.6) is 0 Å². The van der Waals surface area contributed by atoms with Crippen LogP contribution in [-0.4, -0.2) is 11.8 Å². The van der Waals surface area contributed by atoms with E-state index in [1.807, 2.05) is 0 Å². The lowest BCUT2D eigenvalue weighted by atomic mass is 9.99. The summed E-state index contributed by atoms with van der Waals surface area (Å²) in [6, 6.07) is 0.208. The SMILES string of the molecule is NC1/C=C(\N=C2CCCCCCCCCCC2)CCCCCCCCC1. The lowest BCUT2D eigenvalue weighted by Gasteiger charge is -2.14. The molecule has 2 rings (SSSR count). The van der Waals surface area contributed by atoms with Gasteiger partial charge in [0.2, 0.25) is 0 Å². The van der Waals surface area contributed by atoms with E-state index in [1.54, 1.807) is 0 Å². The molecule has 0 saturated heterocycles. The van der Waals surface area contributed by atoms with Crippen LogP contribution < -0.4 is 5.73 Å². The Morgan fingerprint density at radius 2 is 1.00 bits per heavy atom. The molecule has 0 aromatic carbocycles. The van der Waals surface area contributed by atoms with Crippen molar-refractivity contribution in [3.63, 3.8) is 0 Å². The highest BCUT2D eigenvalue weighted by Crippen LogP contribution is 2.20. The molecule has 2 aliphatic rings. The Labute approximate surface area is 163 Å². The van der Waals surface area contributed by atoms with E-state index >= 15 is 0 Å². The first kappa shape index (κ1) is 21.7. The summed E-state index contributed by atoms with van der Waals surface area (Å²) in [5, 5.41) is 0. The summed E-state index contributed by atoms with van der Waals surface area (Å²) in [5.41, 5.74) is 9.18. The molecule has 0 aromatic heterocycles. The molecule has 1 unspecified atom stereocenters. The lowest BCUT2D eigenvalue weighted by Crippen LogP contribution is -2.17. The lowest BCUT2D eigenvalue weighted by molar-refractivity contribution is 0.544. The van der Waals surface area contributed by atoms with Gasteiger partial charge in [0, 0.05) is 17.5 Å². The predicted octanol–water partition coefficient (Wildman–Crippen LogP) is 7.47. The van der Waals surface area contributed by atoms with Gasteiger partial charge in [-0.2, -0.15) is 0 Å². The second-order valence-corrected chi connectivity index (χ2v) is 8.70. The standard InChI is InChI=1S/C24H44N2/c25-22-17-13-9-5-4-8-12-16-20-24(21-22)26-23-18-14-10-6-2-1-3-7-11-15-19-23/h21-22H,1-20,25H2/b24-21-. The van der Waals surface area contributed by atoms with Gasteiger partial charge in [-0.15, -0.1) is 0 Å². The van der Waals surface area contributed by atoms with Gasteiger partial charge in [-0.3, -0.25) is 4.99 Å². The van der Waals surface area contributed by atoms with Crippen LogP contribution >= 0.6 is 0 Å². The quantitative estimate of drug-likeness (QED) is 0.517. The summed E-state index contributed by atoms with van der Waals surface area (Å²) in [4.78, 5) is 5.20. The van der Waals surface area contributed by atoms with E-state index in [9.17, 15) is 0 Å². The average molecular weight is 361 g/mol. The van der Waals surface area contributed by atoms with Gasteiger partial charge in [0.1, 0.15) is 0 Å². The van der Waals surface area contributed by atoms with Crippen LogP contribution in [0.2, 0.25) is 0 Å². The molecule has 0 radical (unpaired) electrons. The number of nitrogens with two attached hydrogens (primary N) is 1. The zero-order valence-electron chi connectivity index (χ0n) is 17.3. The smallest absolute Gasteiger partial charge is 0.0378 e. The molecule has 26 heavy (non-hydrogen) atoms. The maximum Gasteiger partial charge on any atom is 0.0378 e. The van der Waals surface area contributed by atoms with E-state index < -0.39 is 0 Å². The van der Waals surface area contributed by atoms with Crippen molar-refractivity contribution in [1.82, 2.24) is 0 Å². The first-order valence-electron chi connectivity index (χ1n) is 11.9. The van der Waals surface area contributed by atoms with Crippen LogP contribution in [0.15, 0.2) is 16.8 Å². The molecular formula is C24H44N2. The van der Waals surface area contributed by atoms with E-state index in [4.69, 9.17) is 10.7 Å². The molecule has 0 spiro atoms. The fourth-order valence-corrected chi connectivity index (χ4v) is 4.41. The highest BCUT2D eigenvalue weighted by atomic mass is 14.8. The molecule has 0 aromatic rings. The Hall–Kier alpha value is -0.630. The van der Waals surface area contributed by atoms with Gasteiger partial charge in [-0.05, 0) is 51.0 Å². The topological polar surface area (TPSA) is 38.4 Å². The molecular weight excluding hydrogens is 316 g/mol. The first-order valence-corrected chi connectivity index (χ1v) is 11.9. The molecule has 2 heteroatoms. The van der Waals surface area contributed by atoms with Gasteiger partial charge in [0.15, 0.2) is 0 Å². The Kier molecular flexibility index (Phi) is 12.0. The minimum Gasteiger partial charge on any atom is -0.324 e. The van der Waals surface area contributed by atoms with E-state index in [0.29, 0.717) is 0 Å². The van der Waals surface area contributed by atoms with Crippen molar-refractivity contribution in [2.24, 2.45) is 10.7 Å².